The number of methoxy groups -OCH3 is 1. The first-order chi connectivity index (χ1) is 16.0. The van der Waals surface area contributed by atoms with E-state index in [0.29, 0.717) is 34.6 Å². The van der Waals surface area contributed by atoms with E-state index in [9.17, 15) is 9.59 Å². The summed E-state index contributed by atoms with van der Waals surface area (Å²) in [5.74, 6) is 3.07. The van der Waals surface area contributed by atoms with Gasteiger partial charge in [-0.05, 0) is 91.5 Å². The van der Waals surface area contributed by atoms with Gasteiger partial charge in [0.05, 0.1) is 18.4 Å². The van der Waals surface area contributed by atoms with Crippen LogP contribution in [0.1, 0.15) is 44.9 Å². The summed E-state index contributed by atoms with van der Waals surface area (Å²) in [4.78, 5) is 25.9. The molecule has 3 aromatic rings. The third-order valence-corrected chi connectivity index (χ3v) is 8.13. The van der Waals surface area contributed by atoms with Crippen LogP contribution in [0.2, 0.25) is 0 Å². The number of anilines is 1. The van der Waals surface area contributed by atoms with E-state index in [1.807, 2.05) is 36.4 Å². The lowest BCUT2D eigenvalue weighted by Crippen LogP contribution is -2.47. The monoisotopic (exact) mass is 443 g/mol. The van der Waals surface area contributed by atoms with E-state index in [0.717, 1.165) is 23.1 Å². The van der Waals surface area contributed by atoms with Crippen LogP contribution in [-0.4, -0.2) is 13.0 Å². The number of ether oxygens (including phenoxy) is 1. The van der Waals surface area contributed by atoms with Gasteiger partial charge in [-0.25, -0.2) is 4.79 Å². The normalized spacial score (nSPS) is 27.6. The first kappa shape index (κ1) is 20.5. The number of para-hydroxylation sites is 1. The molecule has 4 aliphatic carbocycles. The maximum atomic E-state index is 13.2. The van der Waals surface area contributed by atoms with Gasteiger partial charge in [-0.2, -0.15) is 0 Å². The molecule has 1 heterocycles. The van der Waals surface area contributed by atoms with E-state index >= 15 is 0 Å². The largest absolute Gasteiger partial charge is 0.495 e. The molecular weight excluding hydrogens is 414 g/mol. The molecule has 0 spiro atoms. The average Bonchev–Trinajstić information content (AvgIpc) is 2.77. The van der Waals surface area contributed by atoms with E-state index in [2.05, 4.69) is 5.32 Å². The Morgan fingerprint density at radius 2 is 1.73 bits per heavy atom. The molecule has 4 aliphatic rings. The summed E-state index contributed by atoms with van der Waals surface area (Å²) in [6.45, 7) is 0. The summed E-state index contributed by atoms with van der Waals surface area (Å²) in [5, 5.41) is 3.96. The fraction of sp³-hybridized carbons (Fsp3) is 0.429. The number of benzene rings is 2. The van der Waals surface area contributed by atoms with Gasteiger partial charge in [0.15, 0.2) is 0 Å². The lowest BCUT2D eigenvalue weighted by molar-refractivity contribution is -0.124. The zero-order chi connectivity index (χ0) is 22.6. The van der Waals surface area contributed by atoms with Crippen LogP contribution in [0.4, 0.5) is 5.69 Å². The Balaban J connectivity index is 1.27. The molecule has 1 N–H and O–H groups in total. The van der Waals surface area contributed by atoms with Crippen LogP contribution in [0.5, 0.6) is 5.75 Å². The average molecular weight is 444 g/mol. The van der Waals surface area contributed by atoms with E-state index in [1.54, 1.807) is 19.2 Å². The van der Waals surface area contributed by atoms with Crippen molar-refractivity contribution in [3.05, 3.63) is 59.0 Å². The summed E-state index contributed by atoms with van der Waals surface area (Å²) in [5.41, 5.74) is 2.09. The molecule has 0 saturated heterocycles. The molecule has 7 rings (SSSR count). The lowest BCUT2D eigenvalue weighted by Gasteiger charge is -2.56. The third kappa shape index (κ3) is 3.73. The van der Waals surface area contributed by atoms with Crippen molar-refractivity contribution in [2.24, 2.45) is 23.2 Å². The first-order valence-electron chi connectivity index (χ1n) is 12.0. The summed E-state index contributed by atoms with van der Waals surface area (Å²) in [7, 11) is 1.59. The summed E-state index contributed by atoms with van der Waals surface area (Å²) in [6, 6.07) is 14.7. The molecule has 0 atom stereocenters. The van der Waals surface area contributed by atoms with Gasteiger partial charge in [0.1, 0.15) is 11.3 Å². The summed E-state index contributed by atoms with van der Waals surface area (Å²) in [6.07, 6.45) is 8.26. The number of carbonyl (C=O) groups is 1. The molecular formula is C28H29NO4. The van der Waals surface area contributed by atoms with Crippen molar-refractivity contribution >= 4 is 22.6 Å². The van der Waals surface area contributed by atoms with Crippen molar-refractivity contribution in [2.75, 3.05) is 12.4 Å². The summed E-state index contributed by atoms with van der Waals surface area (Å²) < 4.78 is 11.0. The second-order valence-corrected chi connectivity index (χ2v) is 10.5. The molecule has 4 saturated carbocycles. The van der Waals surface area contributed by atoms with E-state index < -0.39 is 5.63 Å². The van der Waals surface area contributed by atoms with E-state index in [-0.39, 0.29) is 11.3 Å². The van der Waals surface area contributed by atoms with Crippen molar-refractivity contribution in [3.63, 3.8) is 0 Å². The Morgan fingerprint density at radius 3 is 2.42 bits per heavy atom. The number of carbonyl (C=O) groups excluding carboxylic acids is 1. The van der Waals surface area contributed by atoms with Crippen molar-refractivity contribution in [1.29, 1.82) is 0 Å². The predicted molar refractivity (Wildman–Crippen MR) is 128 cm³/mol. The third-order valence-electron chi connectivity index (χ3n) is 8.13. The highest BCUT2D eigenvalue weighted by atomic mass is 16.5. The number of hydrogen-bond acceptors (Lipinski definition) is 4. The second-order valence-electron chi connectivity index (χ2n) is 10.5. The van der Waals surface area contributed by atoms with Gasteiger partial charge < -0.3 is 14.5 Å². The van der Waals surface area contributed by atoms with Crippen LogP contribution in [0.25, 0.3) is 22.1 Å². The van der Waals surface area contributed by atoms with Crippen molar-refractivity contribution in [2.45, 2.75) is 44.9 Å². The quantitative estimate of drug-likeness (QED) is 0.490. The fourth-order valence-electron chi connectivity index (χ4n) is 7.28. The number of fused-ring (bicyclic) bond motifs is 1. The van der Waals surface area contributed by atoms with Crippen molar-refractivity contribution in [1.82, 2.24) is 0 Å². The molecule has 170 valence electrons. The predicted octanol–water partition coefficient (Wildman–Crippen LogP) is 6.01. The molecule has 0 unspecified atom stereocenters. The van der Waals surface area contributed by atoms with E-state index in [4.69, 9.17) is 9.15 Å². The van der Waals surface area contributed by atoms with Crippen LogP contribution in [0.3, 0.4) is 0 Å². The first-order valence-corrected chi connectivity index (χ1v) is 12.0. The minimum Gasteiger partial charge on any atom is -0.495 e. The van der Waals surface area contributed by atoms with Crippen molar-refractivity contribution in [3.8, 4) is 16.9 Å². The molecule has 0 aliphatic heterocycles. The number of nitrogens with one attached hydrogen (secondary N) is 1. The molecule has 1 amide bonds. The second kappa shape index (κ2) is 7.75. The molecule has 1 aromatic heterocycles. The zero-order valence-electron chi connectivity index (χ0n) is 18.9. The molecule has 0 radical (unpaired) electrons. The highest BCUT2D eigenvalue weighted by Gasteiger charge is 2.51. The van der Waals surface area contributed by atoms with Gasteiger partial charge in [-0.15, -0.1) is 0 Å². The van der Waals surface area contributed by atoms with Crippen LogP contribution in [-0.2, 0) is 4.79 Å². The maximum Gasteiger partial charge on any atom is 0.344 e. The highest BCUT2D eigenvalue weighted by Crippen LogP contribution is 2.61. The molecule has 5 heteroatoms. The highest BCUT2D eigenvalue weighted by molar-refractivity contribution is 5.94. The minimum atomic E-state index is -0.398. The number of amides is 1. The lowest BCUT2D eigenvalue weighted by atomic mass is 9.49. The van der Waals surface area contributed by atoms with E-state index in [1.165, 1.54) is 38.5 Å². The maximum absolute atomic E-state index is 13.2. The number of hydrogen-bond donors (Lipinski definition) is 1. The Labute approximate surface area is 193 Å². The topological polar surface area (TPSA) is 68.5 Å². The Kier molecular flexibility index (Phi) is 4.82. The fourth-order valence-corrected chi connectivity index (χ4v) is 7.28. The van der Waals surface area contributed by atoms with Crippen LogP contribution < -0.4 is 15.7 Å². The van der Waals surface area contributed by atoms with Gasteiger partial charge in [0, 0.05) is 11.8 Å². The minimum absolute atomic E-state index is 0.0398. The summed E-state index contributed by atoms with van der Waals surface area (Å²) >= 11 is 0. The smallest absolute Gasteiger partial charge is 0.344 e. The van der Waals surface area contributed by atoms with Gasteiger partial charge in [0.2, 0.25) is 5.91 Å². The Bertz CT molecular complexity index is 1260. The number of rotatable bonds is 5. The van der Waals surface area contributed by atoms with Gasteiger partial charge >= 0.3 is 5.63 Å². The van der Waals surface area contributed by atoms with Gasteiger partial charge in [-0.3, -0.25) is 4.79 Å². The standard InChI is InChI=1S/C28H29NO4/c1-32-25-7-6-20(22-11-21-4-2-3-5-24(21)33-27(22)31)12-23(25)29-26(30)16-28-13-17-8-18(14-28)10-19(9-17)15-28/h2-7,11-12,17-19H,8-10,13-16H2,1H3,(H,29,30). The van der Waals surface area contributed by atoms with Gasteiger partial charge in [0.25, 0.3) is 0 Å². The Morgan fingerprint density at radius 1 is 1.03 bits per heavy atom. The zero-order valence-corrected chi connectivity index (χ0v) is 18.9. The molecule has 5 nitrogen and oxygen atoms in total. The van der Waals surface area contributed by atoms with Crippen LogP contribution in [0.15, 0.2) is 57.7 Å². The van der Waals surface area contributed by atoms with Crippen LogP contribution >= 0.6 is 0 Å². The SMILES string of the molecule is COc1ccc(-c2cc3ccccc3oc2=O)cc1NC(=O)CC12CC3CC(CC(C3)C1)C2. The van der Waals surface area contributed by atoms with Crippen molar-refractivity contribution < 1.29 is 13.9 Å². The molecule has 4 fully saturated rings. The molecule has 33 heavy (non-hydrogen) atoms. The molecule has 2 aromatic carbocycles. The Hall–Kier alpha value is -3.08. The van der Waals surface area contributed by atoms with Crippen LogP contribution in [0, 0.1) is 23.2 Å². The van der Waals surface area contributed by atoms with Gasteiger partial charge in [-0.1, -0.05) is 24.3 Å². The molecule has 4 bridgehead atoms.